The molecule has 0 fully saturated rings. The molecule has 0 aromatic carbocycles. The van der Waals surface area contributed by atoms with E-state index >= 15 is 0 Å². The summed E-state index contributed by atoms with van der Waals surface area (Å²) in [7, 11) is 5.79. The normalized spacial score (nSPS) is 10.8. The molecule has 0 atom stereocenters. The summed E-state index contributed by atoms with van der Waals surface area (Å²) in [6.45, 7) is 1.94. The fourth-order valence-corrected chi connectivity index (χ4v) is 2.23. The molecule has 0 amide bonds. The van der Waals surface area contributed by atoms with E-state index in [1.165, 1.54) is 17.7 Å². The summed E-state index contributed by atoms with van der Waals surface area (Å²) in [4.78, 5) is 9.82. The van der Waals surface area contributed by atoms with E-state index in [-0.39, 0.29) is 0 Å². The SMILES string of the molecule is [B]c1c(C)sc2ncnc(Cl)c12. The number of halogens is 1. The standard InChI is InChI=1S/C7H4BClN2S/c1-3-5(8)4-6(9)10-2-11-7(4)12-3/h2H,1H3. The molecule has 2 aromatic heterocycles. The van der Waals surface area contributed by atoms with Crippen molar-refractivity contribution < 1.29 is 0 Å². The largest absolute Gasteiger partial charge is 0.225 e. The average molecular weight is 194 g/mol. The molecule has 2 heterocycles. The maximum Gasteiger partial charge on any atom is 0.140 e. The number of hydrogen-bond acceptors (Lipinski definition) is 3. The summed E-state index contributed by atoms with van der Waals surface area (Å²) >= 11 is 7.38. The molecule has 0 spiro atoms. The number of aromatic nitrogens is 2. The van der Waals surface area contributed by atoms with Gasteiger partial charge in [0.25, 0.3) is 0 Å². The predicted molar refractivity (Wildman–Crippen MR) is 52.6 cm³/mol. The molecule has 12 heavy (non-hydrogen) atoms. The number of nitrogens with zero attached hydrogens (tertiary/aromatic N) is 2. The van der Waals surface area contributed by atoms with Crippen LogP contribution in [0.25, 0.3) is 10.2 Å². The molecule has 0 bridgehead atoms. The van der Waals surface area contributed by atoms with Gasteiger partial charge in [0, 0.05) is 5.39 Å². The van der Waals surface area contributed by atoms with E-state index < -0.39 is 0 Å². The van der Waals surface area contributed by atoms with E-state index in [2.05, 4.69) is 9.97 Å². The van der Waals surface area contributed by atoms with Crippen LogP contribution >= 0.6 is 22.9 Å². The summed E-state index contributed by atoms with van der Waals surface area (Å²) in [5, 5.41) is 1.21. The fourth-order valence-electron chi connectivity index (χ4n) is 1.03. The number of fused-ring (bicyclic) bond motifs is 1. The quantitative estimate of drug-likeness (QED) is 0.469. The lowest BCUT2D eigenvalue weighted by Gasteiger charge is -1.92. The third-order valence-electron chi connectivity index (χ3n) is 1.66. The van der Waals surface area contributed by atoms with Crippen LogP contribution in [0.5, 0.6) is 0 Å². The van der Waals surface area contributed by atoms with Crippen LogP contribution < -0.4 is 5.46 Å². The molecule has 0 aliphatic carbocycles. The van der Waals surface area contributed by atoms with Gasteiger partial charge in [0.2, 0.25) is 0 Å². The summed E-state index contributed by atoms with van der Waals surface area (Å²) in [5.41, 5.74) is 0.695. The second-order valence-electron chi connectivity index (χ2n) is 2.42. The van der Waals surface area contributed by atoms with E-state index in [1.54, 1.807) is 0 Å². The van der Waals surface area contributed by atoms with E-state index in [0.29, 0.717) is 10.6 Å². The van der Waals surface area contributed by atoms with E-state index in [0.717, 1.165) is 15.1 Å². The highest BCUT2D eigenvalue weighted by atomic mass is 35.5. The van der Waals surface area contributed by atoms with Gasteiger partial charge < -0.3 is 0 Å². The number of thiophene rings is 1. The maximum absolute atomic E-state index is 5.85. The first-order valence-electron chi connectivity index (χ1n) is 3.35. The van der Waals surface area contributed by atoms with Crippen LogP contribution in [0.3, 0.4) is 0 Å². The van der Waals surface area contributed by atoms with Gasteiger partial charge in [-0.3, -0.25) is 0 Å². The monoisotopic (exact) mass is 194 g/mol. The van der Waals surface area contributed by atoms with Crippen molar-refractivity contribution in [3.05, 3.63) is 16.4 Å². The highest BCUT2D eigenvalue weighted by Crippen LogP contribution is 2.24. The van der Waals surface area contributed by atoms with Crippen LogP contribution in [-0.2, 0) is 0 Å². The molecular formula is C7H4BClN2S. The Morgan fingerprint density at radius 3 is 2.92 bits per heavy atom. The Kier molecular flexibility index (Phi) is 1.81. The first-order valence-corrected chi connectivity index (χ1v) is 4.54. The molecule has 0 aliphatic rings. The van der Waals surface area contributed by atoms with Gasteiger partial charge in [-0.15, -0.1) is 11.3 Å². The Hall–Kier alpha value is -0.605. The molecule has 58 valence electrons. The minimum absolute atomic E-state index is 0.432. The van der Waals surface area contributed by atoms with Crippen LogP contribution in [0, 0.1) is 6.92 Å². The predicted octanol–water partition coefficient (Wildman–Crippen LogP) is 1.45. The first-order chi connectivity index (χ1) is 5.70. The van der Waals surface area contributed by atoms with E-state index in [1.807, 2.05) is 6.92 Å². The van der Waals surface area contributed by atoms with Crippen molar-refractivity contribution in [3.63, 3.8) is 0 Å². The molecule has 0 saturated heterocycles. The summed E-state index contributed by atoms with van der Waals surface area (Å²) < 4.78 is 0. The Morgan fingerprint density at radius 1 is 1.50 bits per heavy atom. The Labute approximate surface area is 80.0 Å². The highest BCUT2D eigenvalue weighted by Gasteiger charge is 2.08. The Bertz CT molecular complexity index is 440. The average Bonchev–Trinajstić information content (AvgIpc) is 2.29. The number of hydrogen-bond donors (Lipinski definition) is 0. The minimum atomic E-state index is 0.432. The van der Waals surface area contributed by atoms with Gasteiger partial charge in [-0.25, -0.2) is 9.97 Å². The maximum atomic E-state index is 5.85. The van der Waals surface area contributed by atoms with Crippen molar-refractivity contribution in [2.24, 2.45) is 0 Å². The highest BCUT2D eigenvalue weighted by molar-refractivity contribution is 7.20. The smallest absolute Gasteiger partial charge is 0.140 e. The topological polar surface area (TPSA) is 25.8 Å². The lowest BCUT2D eigenvalue weighted by atomic mass is 9.94. The summed E-state index contributed by atoms with van der Waals surface area (Å²) in [5.74, 6) is 0. The van der Waals surface area contributed by atoms with Gasteiger partial charge in [0.05, 0.1) is 0 Å². The van der Waals surface area contributed by atoms with Crippen molar-refractivity contribution in [3.8, 4) is 0 Å². The second-order valence-corrected chi connectivity index (χ2v) is 3.98. The van der Waals surface area contributed by atoms with Crippen LogP contribution in [-0.4, -0.2) is 17.8 Å². The van der Waals surface area contributed by atoms with Crippen LogP contribution in [0.1, 0.15) is 4.88 Å². The lowest BCUT2D eigenvalue weighted by Crippen LogP contribution is -2.03. The fraction of sp³-hybridized carbons (Fsp3) is 0.143. The van der Waals surface area contributed by atoms with E-state index in [4.69, 9.17) is 19.4 Å². The molecule has 0 saturated carbocycles. The molecule has 2 rings (SSSR count). The van der Waals surface area contributed by atoms with Crippen molar-refractivity contribution in [2.45, 2.75) is 6.92 Å². The van der Waals surface area contributed by atoms with Crippen LogP contribution in [0.2, 0.25) is 5.15 Å². The third kappa shape index (κ3) is 1.03. The van der Waals surface area contributed by atoms with Gasteiger partial charge in [-0.1, -0.05) is 17.1 Å². The van der Waals surface area contributed by atoms with Gasteiger partial charge in [-0.2, -0.15) is 0 Å². The van der Waals surface area contributed by atoms with Crippen molar-refractivity contribution in [1.29, 1.82) is 0 Å². The van der Waals surface area contributed by atoms with E-state index in [9.17, 15) is 0 Å². The minimum Gasteiger partial charge on any atom is -0.225 e. The molecule has 0 aliphatic heterocycles. The molecule has 0 N–H and O–H groups in total. The van der Waals surface area contributed by atoms with Crippen molar-refractivity contribution in [2.75, 3.05) is 0 Å². The van der Waals surface area contributed by atoms with Gasteiger partial charge >= 0.3 is 0 Å². The number of rotatable bonds is 0. The Balaban J connectivity index is 2.97. The van der Waals surface area contributed by atoms with Gasteiger partial charge in [-0.05, 0) is 11.8 Å². The molecule has 5 heteroatoms. The summed E-state index contributed by atoms with van der Waals surface area (Å²) in [6.07, 6.45) is 1.44. The summed E-state index contributed by atoms with van der Waals surface area (Å²) in [6, 6.07) is 0. The lowest BCUT2D eigenvalue weighted by molar-refractivity contribution is 1.24. The second kappa shape index (κ2) is 2.71. The molecular weight excluding hydrogens is 190 g/mol. The van der Waals surface area contributed by atoms with Gasteiger partial charge in [0.1, 0.15) is 24.2 Å². The Morgan fingerprint density at radius 2 is 2.25 bits per heavy atom. The van der Waals surface area contributed by atoms with Crippen molar-refractivity contribution in [1.82, 2.24) is 9.97 Å². The van der Waals surface area contributed by atoms with Gasteiger partial charge in [0.15, 0.2) is 0 Å². The zero-order valence-electron chi connectivity index (χ0n) is 6.34. The third-order valence-corrected chi connectivity index (χ3v) is 2.98. The van der Waals surface area contributed by atoms with Crippen molar-refractivity contribution >= 4 is 46.5 Å². The molecule has 2 aromatic rings. The molecule has 2 radical (unpaired) electrons. The molecule has 0 unspecified atom stereocenters. The first kappa shape index (κ1) is 8.01. The zero-order chi connectivity index (χ0) is 8.72. The zero-order valence-corrected chi connectivity index (χ0v) is 7.91. The van der Waals surface area contributed by atoms with Crippen LogP contribution in [0.15, 0.2) is 6.33 Å². The van der Waals surface area contributed by atoms with Crippen LogP contribution in [0.4, 0.5) is 0 Å². The number of aryl methyl sites for hydroxylation is 1. The molecule has 2 nitrogen and oxygen atoms in total.